The molecule has 0 amide bonds. The Morgan fingerprint density at radius 1 is 1.39 bits per heavy atom. The number of rotatable bonds is 5. The molecule has 2 aromatic rings. The van der Waals surface area contributed by atoms with Crippen LogP contribution in [0, 0.1) is 0 Å². The number of aromatic nitrogens is 1. The average Bonchev–Trinajstić information content (AvgIpc) is 2.43. The second-order valence-corrected chi connectivity index (χ2v) is 4.13. The molecule has 0 aliphatic carbocycles. The number of Topliss-reactive ketones (excluding diaryl/α,β-unsaturated/α-hetero) is 1. The standard InChI is InChI=1S/C14H16N2O2/c1-18-9-7-12(15)14(17)11-6-2-4-10-5-3-8-16-13(10)11/h2-6,8,12H,7,9,15H2,1H3. The zero-order valence-electron chi connectivity index (χ0n) is 10.3. The van der Waals surface area contributed by atoms with Gasteiger partial charge in [0.25, 0.3) is 0 Å². The highest BCUT2D eigenvalue weighted by Crippen LogP contribution is 2.17. The van der Waals surface area contributed by atoms with Gasteiger partial charge in [0.1, 0.15) is 0 Å². The zero-order chi connectivity index (χ0) is 13.0. The number of fused-ring (bicyclic) bond motifs is 1. The summed E-state index contributed by atoms with van der Waals surface area (Å²) in [4.78, 5) is 16.5. The van der Waals surface area contributed by atoms with E-state index in [1.54, 1.807) is 19.4 Å². The molecule has 0 aliphatic heterocycles. The van der Waals surface area contributed by atoms with Crippen molar-refractivity contribution in [1.82, 2.24) is 4.98 Å². The van der Waals surface area contributed by atoms with E-state index in [0.29, 0.717) is 24.1 Å². The molecule has 0 aliphatic rings. The minimum atomic E-state index is -0.544. The van der Waals surface area contributed by atoms with Crippen LogP contribution in [0.1, 0.15) is 16.8 Å². The smallest absolute Gasteiger partial charge is 0.181 e. The highest BCUT2D eigenvalue weighted by atomic mass is 16.5. The number of carbonyl (C=O) groups excluding carboxylic acids is 1. The van der Waals surface area contributed by atoms with E-state index in [2.05, 4.69) is 4.98 Å². The highest BCUT2D eigenvalue weighted by Gasteiger charge is 2.18. The first kappa shape index (κ1) is 12.7. The lowest BCUT2D eigenvalue weighted by atomic mass is 10.00. The van der Waals surface area contributed by atoms with E-state index in [1.807, 2.05) is 24.3 Å². The van der Waals surface area contributed by atoms with E-state index in [9.17, 15) is 4.79 Å². The third-order valence-electron chi connectivity index (χ3n) is 2.87. The summed E-state index contributed by atoms with van der Waals surface area (Å²) in [5.41, 5.74) is 7.16. The minimum absolute atomic E-state index is 0.0867. The fraction of sp³-hybridized carbons (Fsp3) is 0.286. The summed E-state index contributed by atoms with van der Waals surface area (Å²) in [6, 6.07) is 8.78. The van der Waals surface area contributed by atoms with Crippen LogP contribution in [0.15, 0.2) is 36.5 Å². The summed E-state index contributed by atoms with van der Waals surface area (Å²) >= 11 is 0. The van der Waals surface area contributed by atoms with Crippen LogP contribution in [-0.2, 0) is 4.74 Å². The van der Waals surface area contributed by atoms with Crippen LogP contribution in [0.2, 0.25) is 0 Å². The zero-order valence-corrected chi connectivity index (χ0v) is 10.3. The maximum atomic E-state index is 12.2. The Labute approximate surface area is 106 Å². The van der Waals surface area contributed by atoms with Crippen LogP contribution >= 0.6 is 0 Å². The quantitative estimate of drug-likeness (QED) is 0.814. The van der Waals surface area contributed by atoms with Crippen LogP contribution in [0.5, 0.6) is 0 Å². The Balaban J connectivity index is 2.33. The molecule has 0 saturated heterocycles. The van der Waals surface area contributed by atoms with E-state index < -0.39 is 6.04 Å². The largest absolute Gasteiger partial charge is 0.385 e. The predicted molar refractivity (Wildman–Crippen MR) is 70.5 cm³/mol. The molecule has 0 saturated carbocycles. The monoisotopic (exact) mass is 244 g/mol. The Morgan fingerprint density at radius 3 is 2.94 bits per heavy atom. The van der Waals surface area contributed by atoms with Gasteiger partial charge in [-0.05, 0) is 18.6 Å². The molecular formula is C14H16N2O2. The average molecular weight is 244 g/mol. The number of benzene rings is 1. The molecule has 0 fully saturated rings. The van der Waals surface area contributed by atoms with Gasteiger partial charge in [-0.25, -0.2) is 0 Å². The lowest BCUT2D eigenvalue weighted by Gasteiger charge is -2.11. The van der Waals surface area contributed by atoms with E-state index in [1.165, 1.54) is 0 Å². The second kappa shape index (κ2) is 5.71. The van der Waals surface area contributed by atoms with Gasteiger partial charge < -0.3 is 10.5 Å². The van der Waals surface area contributed by atoms with Crippen molar-refractivity contribution in [2.24, 2.45) is 5.73 Å². The van der Waals surface area contributed by atoms with Crippen molar-refractivity contribution in [1.29, 1.82) is 0 Å². The summed E-state index contributed by atoms with van der Waals surface area (Å²) in [6.45, 7) is 0.477. The molecule has 2 N–H and O–H groups in total. The molecule has 4 nitrogen and oxygen atoms in total. The van der Waals surface area contributed by atoms with Gasteiger partial charge in [0, 0.05) is 30.9 Å². The molecule has 0 spiro atoms. The number of nitrogens with zero attached hydrogens (tertiary/aromatic N) is 1. The Morgan fingerprint density at radius 2 is 2.17 bits per heavy atom. The van der Waals surface area contributed by atoms with E-state index in [4.69, 9.17) is 10.5 Å². The van der Waals surface area contributed by atoms with Crippen LogP contribution in [-0.4, -0.2) is 30.5 Å². The van der Waals surface area contributed by atoms with E-state index >= 15 is 0 Å². The van der Waals surface area contributed by atoms with Crippen molar-refractivity contribution < 1.29 is 9.53 Å². The Hall–Kier alpha value is -1.78. The fourth-order valence-corrected chi connectivity index (χ4v) is 1.88. The van der Waals surface area contributed by atoms with Crippen molar-refractivity contribution in [3.05, 3.63) is 42.1 Å². The molecule has 0 bridgehead atoms. The Bertz CT molecular complexity index is 549. The molecule has 2 rings (SSSR count). The molecule has 4 heteroatoms. The molecule has 1 aromatic heterocycles. The molecule has 1 unspecified atom stereocenters. The van der Waals surface area contributed by atoms with Gasteiger partial charge in [0.15, 0.2) is 5.78 Å². The second-order valence-electron chi connectivity index (χ2n) is 4.13. The predicted octanol–water partition coefficient (Wildman–Crippen LogP) is 1.78. The molecule has 1 aromatic carbocycles. The van der Waals surface area contributed by atoms with Crippen molar-refractivity contribution >= 4 is 16.7 Å². The lowest BCUT2D eigenvalue weighted by molar-refractivity contribution is 0.0937. The third kappa shape index (κ3) is 2.55. The van der Waals surface area contributed by atoms with Crippen LogP contribution < -0.4 is 5.73 Å². The van der Waals surface area contributed by atoms with Crippen LogP contribution in [0.25, 0.3) is 10.9 Å². The van der Waals surface area contributed by atoms with Crippen LogP contribution in [0.3, 0.4) is 0 Å². The van der Waals surface area contributed by atoms with Crippen molar-refractivity contribution in [3.8, 4) is 0 Å². The summed E-state index contributed by atoms with van der Waals surface area (Å²) in [5, 5.41) is 0.947. The van der Waals surface area contributed by atoms with Gasteiger partial charge in [-0.3, -0.25) is 9.78 Å². The minimum Gasteiger partial charge on any atom is -0.385 e. The van der Waals surface area contributed by atoms with Gasteiger partial charge in [-0.2, -0.15) is 0 Å². The van der Waals surface area contributed by atoms with Gasteiger partial charge in [-0.1, -0.05) is 18.2 Å². The van der Waals surface area contributed by atoms with Crippen molar-refractivity contribution in [2.75, 3.05) is 13.7 Å². The maximum Gasteiger partial charge on any atom is 0.181 e. The molecule has 94 valence electrons. The number of hydrogen-bond acceptors (Lipinski definition) is 4. The SMILES string of the molecule is COCCC(N)C(=O)c1cccc2cccnc12. The first-order valence-electron chi connectivity index (χ1n) is 5.86. The number of carbonyl (C=O) groups is 1. The number of ketones is 1. The normalized spacial score (nSPS) is 12.6. The van der Waals surface area contributed by atoms with Gasteiger partial charge in [-0.15, -0.1) is 0 Å². The number of pyridine rings is 1. The summed E-state index contributed by atoms with van der Waals surface area (Å²) in [7, 11) is 1.59. The molecule has 1 atom stereocenters. The molecule has 1 heterocycles. The number of ether oxygens (including phenoxy) is 1. The number of methoxy groups -OCH3 is 1. The molecular weight excluding hydrogens is 228 g/mol. The maximum absolute atomic E-state index is 12.2. The molecule has 18 heavy (non-hydrogen) atoms. The third-order valence-corrected chi connectivity index (χ3v) is 2.87. The molecule has 0 radical (unpaired) electrons. The number of nitrogens with two attached hydrogens (primary N) is 1. The van der Waals surface area contributed by atoms with Gasteiger partial charge in [0.05, 0.1) is 11.6 Å². The van der Waals surface area contributed by atoms with Gasteiger partial charge in [0.2, 0.25) is 0 Å². The topological polar surface area (TPSA) is 65.2 Å². The highest BCUT2D eigenvalue weighted by molar-refractivity contribution is 6.09. The number of hydrogen-bond donors (Lipinski definition) is 1. The first-order chi connectivity index (χ1) is 8.74. The van der Waals surface area contributed by atoms with Crippen molar-refractivity contribution in [3.63, 3.8) is 0 Å². The van der Waals surface area contributed by atoms with E-state index in [0.717, 1.165) is 5.39 Å². The first-order valence-corrected chi connectivity index (χ1v) is 5.86. The van der Waals surface area contributed by atoms with E-state index in [-0.39, 0.29) is 5.78 Å². The van der Waals surface area contributed by atoms with Gasteiger partial charge >= 0.3 is 0 Å². The van der Waals surface area contributed by atoms with Crippen LogP contribution in [0.4, 0.5) is 0 Å². The fourth-order valence-electron chi connectivity index (χ4n) is 1.88. The number of para-hydroxylation sites is 1. The summed E-state index contributed by atoms with van der Waals surface area (Å²) in [6.07, 6.45) is 2.19. The Kier molecular flexibility index (Phi) is 4.02. The van der Waals surface area contributed by atoms with Crippen molar-refractivity contribution in [2.45, 2.75) is 12.5 Å². The summed E-state index contributed by atoms with van der Waals surface area (Å²) in [5.74, 6) is -0.0867. The lowest BCUT2D eigenvalue weighted by Crippen LogP contribution is -2.31. The summed E-state index contributed by atoms with van der Waals surface area (Å²) < 4.78 is 4.94.